The Morgan fingerprint density at radius 1 is 0.464 bits per heavy atom. The van der Waals surface area contributed by atoms with Gasteiger partial charge in [0.2, 0.25) is 0 Å². The van der Waals surface area contributed by atoms with Crippen molar-refractivity contribution in [2.24, 2.45) is 5.73 Å². The lowest BCUT2D eigenvalue weighted by molar-refractivity contribution is -0.161. The first-order chi connectivity index (χ1) is 27.3. The maximum atomic E-state index is 12.6. The average molecular weight is 818 g/mol. The summed E-state index contributed by atoms with van der Waals surface area (Å²) >= 11 is 0. The van der Waals surface area contributed by atoms with Crippen LogP contribution in [0.1, 0.15) is 251 Å². The molecule has 0 aromatic heterocycles. The van der Waals surface area contributed by atoms with Crippen LogP contribution in [0.25, 0.3) is 0 Å². The Morgan fingerprint density at radius 3 is 1.09 bits per heavy atom. The number of carbonyl (C=O) groups is 2. The molecule has 10 heteroatoms. The first-order valence-corrected chi connectivity index (χ1v) is 25.5. The molecule has 0 spiro atoms. The Morgan fingerprint density at radius 2 is 0.768 bits per heavy atom. The van der Waals surface area contributed by atoms with Gasteiger partial charge >= 0.3 is 19.8 Å². The molecule has 0 aliphatic heterocycles. The van der Waals surface area contributed by atoms with E-state index in [-0.39, 0.29) is 38.6 Å². The van der Waals surface area contributed by atoms with E-state index in [1.54, 1.807) is 0 Å². The summed E-state index contributed by atoms with van der Waals surface area (Å²) in [4.78, 5) is 35.0. The van der Waals surface area contributed by atoms with Crippen molar-refractivity contribution in [1.82, 2.24) is 0 Å². The van der Waals surface area contributed by atoms with Crippen LogP contribution in [0.4, 0.5) is 0 Å². The summed E-state index contributed by atoms with van der Waals surface area (Å²) in [5.74, 6) is -0.808. The molecule has 0 saturated carbocycles. The van der Waals surface area contributed by atoms with E-state index in [1.165, 1.54) is 186 Å². The SMILES string of the molecule is CCCCCCCCCCCCCCCCCCCCC(=O)OCC(COP(=O)(O)OCCN)OC(=O)CCCCCCCCCCCCCCCCCCC. The lowest BCUT2D eigenvalue weighted by Crippen LogP contribution is -2.29. The smallest absolute Gasteiger partial charge is 0.462 e. The summed E-state index contributed by atoms with van der Waals surface area (Å²) in [6, 6.07) is 0. The van der Waals surface area contributed by atoms with Crippen LogP contribution in [0.2, 0.25) is 0 Å². The maximum Gasteiger partial charge on any atom is 0.472 e. The van der Waals surface area contributed by atoms with Crippen molar-refractivity contribution in [1.29, 1.82) is 0 Å². The van der Waals surface area contributed by atoms with Crippen molar-refractivity contribution in [2.75, 3.05) is 26.4 Å². The zero-order valence-corrected chi connectivity index (χ0v) is 37.8. The van der Waals surface area contributed by atoms with Crippen LogP contribution in [0, 0.1) is 0 Å². The standard InChI is InChI=1S/C46H92NO8P/c1-3-5-7-9-11-13-15-17-19-21-23-24-26-28-30-32-34-36-38-45(48)52-42-44(43-54-56(50,51)53-41-40-47)55-46(49)39-37-35-33-31-29-27-25-22-20-18-16-14-12-10-8-6-4-2/h44H,3-43,47H2,1-2H3,(H,50,51). The van der Waals surface area contributed by atoms with E-state index in [9.17, 15) is 19.0 Å². The van der Waals surface area contributed by atoms with Gasteiger partial charge in [-0.05, 0) is 12.8 Å². The summed E-state index contributed by atoms with van der Waals surface area (Å²) in [5, 5.41) is 0. The molecule has 0 aliphatic carbocycles. The molecule has 0 fully saturated rings. The molecular formula is C46H92NO8P. The summed E-state index contributed by atoms with van der Waals surface area (Å²) in [6.45, 7) is 3.79. The molecular weight excluding hydrogens is 725 g/mol. The molecule has 0 aromatic carbocycles. The second-order valence-electron chi connectivity index (χ2n) is 16.3. The normalized spacial score (nSPS) is 13.1. The predicted molar refractivity (Wildman–Crippen MR) is 234 cm³/mol. The molecule has 9 nitrogen and oxygen atoms in total. The number of ether oxygens (including phenoxy) is 2. The van der Waals surface area contributed by atoms with Gasteiger partial charge in [-0.25, -0.2) is 4.57 Å². The van der Waals surface area contributed by atoms with Gasteiger partial charge in [0.05, 0.1) is 13.2 Å². The summed E-state index contributed by atoms with van der Waals surface area (Å²) in [6.07, 6.45) is 44.2. The molecule has 0 bridgehead atoms. The molecule has 0 rings (SSSR count). The fourth-order valence-electron chi connectivity index (χ4n) is 7.17. The highest BCUT2D eigenvalue weighted by Gasteiger charge is 2.26. The van der Waals surface area contributed by atoms with Crippen LogP contribution in [0.15, 0.2) is 0 Å². The highest BCUT2D eigenvalue weighted by atomic mass is 31.2. The quantitative estimate of drug-likeness (QED) is 0.0350. The monoisotopic (exact) mass is 818 g/mol. The Labute approximate surface area is 346 Å². The van der Waals surface area contributed by atoms with Crippen molar-refractivity contribution in [3.05, 3.63) is 0 Å². The Hall–Kier alpha value is -0.990. The zero-order valence-electron chi connectivity index (χ0n) is 36.9. The van der Waals surface area contributed by atoms with E-state index >= 15 is 0 Å². The van der Waals surface area contributed by atoms with Crippen molar-refractivity contribution >= 4 is 19.8 Å². The van der Waals surface area contributed by atoms with Gasteiger partial charge in [-0.1, -0.05) is 226 Å². The molecule has 0 heterocycles. The number of nitrogens with two attached hydrogens (primary N) is 1. The number of hydrogen-bond donors (Lipinski definition) is 2. The lowest BCUT2D eigenvalue weighted by atomic mass is 10.0. The summed E-state index contributed by atoms with van der Waals surface area (Å²) in [7, 11) is -4.37. The van der Waals surface area contributed by atoms with Gasteiger partial charge in [0.15, 0.2) is 6.10 Å². The fraction of sp³-hybridized carbons (Fsp3) is 0.957. The number of hydrogen-bond acceptors (Lipinski definition) is 8. The molecule has 0 aliphatic rings. The van der Waals surface area contributed by atoms with E-state index in [2.05, 4.69) is 13.8 Å². The van der Waals surface area contributed by atoms with E-state index in [4.69, 9.17) is 24.3 Å². The van der Waals surface area contributed by atoms with Crippen LogP contribution in [-0.4, -0.2) is 49.3 Å². The van der Waals surface area contributed by atoms with Gasteiger partial charge < -0.3 is 20.1 Å². The number of carbonyl (C=O) groups excluding carboxylic acids is 2. The first kappa shape index (κ1) is 55.0. The Kier molecular flexibility index (Phi) is 42.8. The number of esters is 2. The van der Waals surface area contributed by atoms with Crippen LogP contribution < -0.4 is 5.73 Å². The minimum absolute atomic E-state index is 0.0583. The first-order valence-electron chi connectivity index (χ1n) is 24.0. The largest absolute Gasteiger partial charge is 0.472 e. The van der Waals surface area contributed by atoms with Crippen molar-refractivity contribution in [2.45, 2.75) is 258 Å². The average Bonchev–Trinajstić information content (AvgIpc) is 3.18. The van der Waals surface area contributed by atoms with E-state index in [0.29, 0.717) is 6.42 Å². The van der Waals surface area contributed by atoms with E-state index < -0.39 is 26.5 Å². The summed E-state index contributed by atoms with van der Waals surface area (Å²) in [5.41, 5.74) is 5.36. The van der Waals surface area contributed by atoms with Gasteiger partial charge in [0.1, 0.15) is 6.61 Å². The molecule has 0 saturated heterocycles. The molecule has 334 valence electrons. The lowest BCUT2D eigenvalue weighted by Gasteiger charge is -2.19. The molecule has 0 aromatic rings. The number of rotatable bonds is 46. The Balaban J connectivity index is 4.03. The minimum Gasteiger partial charge on any atom is -0.462 e. The van der Waals surface area contributed by atoms with Crippen molar-refractivity contribution in [3.63, 3.8) is 0 Å². The molecule has 2 unspecified atom stereocenters. The van der Waals surface area contributed by atoms with Gasteiger partial charge in [-0.2, -0.15) is 0 Å². The third-order valence-electron chi connectivity index (χ3n) is 10.7. The van der Waals surface area contributed by atoms with Crippen LogP contribution in [-0.2, 0) is 32.7 Å². The topological polar surface area (TPSA) is 134 Å². The third-order valence-corrected chi connectivity index (χ3v) is 11.7. The zero-order chi connectivity index (χ0) is 41.1. The van der Waals surface area contributed by atoms with E-state index in [1.807, 2.05) is 0 Å². The fourth-order valence-corrected chi connectivity index (χ4v) is 7.93. The molecule has 0 radical (unpaired) electrons. The van der Waals surface area contributed by atoms with E-state index in [0.717, 1.165) is 32.1 Å². The van der Waals surface area contributed by atoms with Gasteiger partial charge in [0, 0.05) is 19.4 Å². The van der Waals surface area contributed by atoms with Crippen LogP contribution in [0.5, 0.6) is 0 Å². The Bertz CT molecular complexity index is 891. The third kappa shape index (κ3) is 42.6. The highest BCUT2D eigenvalue weighted by Crippen LogP contribution is 2.43. The summed E-state index contributed by atoms with van der Waals surface area (Å²) < 4.78 is 32.9. The second kappa shape index (κ2) is 43.6. The van der Waals surface area contributed by atoms with Gasteiger partial charge in [0.25, 0.3) is 0 Å². The predicted octanol–water partition coefficient (Wildman–Crippen LogP) is 14.0. The maximum absolute atomic E-state index is 12.6. The van der Waals surface area contributed by atoms with Gasteiger partial charge in [-0.3, -0.25) is 18.6 Å². The number of unbranched alkanes of at least 4 members (excludes halogenated alkanes) is 33. The highest BCUT2D eigenvalue weighted by molar-refractivity contribution is 7.47. The van der Waals surface area contributed by atoms with Crippen molar-refractivity contribution < 1.29 is 37.6 Å². The van der Waals surface area contributed by atoms with Crippen LogP contribution in [0.3, 0.4) is 0 Å². The molecule has 56 heavy (non-hydrogen) atoms. The minimum atomic E-state index is -4.37. The molecule has 3 N–H and O–H groups in total. The van der Waals surface area contributed by atoms with Gasteiger partial charge in [-0.15, -0.1) is 0 Å². The molecule has 2 atom stereocenters. The number of phosphoric ester groups is 1. The van der Waals surface area contributed by atoms with Crippen molar-refractivity contribution in [3.8, 4) is 0 Å². The second-order valence-corrected chi connectivity index (χ2v) is 17.8. The van der Waals surface area contributed by atoms with Crippen LogP contribution >= 0.6 is 7.82 Å². The molecule has 0 amide bonds. The number of phosphoric acid groups is 1.